The summed E-state index contributed by atoms with van der Waals surface area (Å²) in [6, 6.07) is 10.1. The third kappa shape index (κ3) is 6.74. The number of anilines is 1. The molecule has 1 aliphatic rings. The molecule has 0 unspecified atom stereocenters. The zero-order valence-corrected chi connectivity index (χ0v) is 17.6. The lowest BCUT2D eigenvalue weighted by molar-refractivity contribution is -0.137. The van der Waals surface area contributed by atoms with Crippen LogP contribution in [0.25, 0.3) is 0 Å². The second-order valence-corrected chi connectivity index (χ2v) is 5.92. The number of nitrogens with zero attached hydrogens (tertiary/aromatic N) is 1. The fourth-order valence-electron chi connectivity index (χ4n) is 2.47. The summed E-state index contributed by atoms with van der Waals surface area (Å²) in [6.45, 7) is 1.22. The van der Waals surface area contributed by atoms with Crippen molar-refractivity contribution in [3.63, 3.8) is 0 Å². The monoisotopic (exact) mass is 517 g/mol. The maximum Gasteiger partial charge on any atom is 0.416 e. The van der Waals surface area contributed by atoms with E-state index in [9.17, 15) is 13.2 Å². The average molecular weight is 517 g/mol. The van der Waals surface area contributed by atoms with Crippen molar-refractivity contribution >= 4 is 35.6 Å². The first-order valence-corrected chi connectivity index (χ1v) is 8.54. The van der Waals surface area contributed by atoms with Crippen LogP contribution < -0.4 is 20.5 Å². The van der Waals surface area contributed by atoms with E-state index in [1.807, 2.05) is 0 Å². The van der Waals surface area contributed by atoms with Gasteiger partial charge in [-0.3, -0.25) is 0 Å². The van der Waals surface area contributed by atoms with Crippen LogP contribution >= 0.6 is 24.0 Å². The van der Waals surface area contributed by atoms with Crippen LogP contribution in [0.5, 0.6) is 11.5 Å². The van der Waals surface area contributed by atoms with Crippen LogP contribution in [0.3, 0.4) is 0 Å². The maximum absolute atomic E-state index is 12.7. The number of hydrogen-bond acceptors (Lipinski definition) is 3. The molecule has 0 aliphatic carbocycles. The van der Waals surface area contributed by atoms with Crippen molar-refractivity contribution in [1.29, 1.82) is 0 Å². The summed E-state index contributed by atoms with van der Waals surface area (Å²) >= 11 is 0. The van der Waals surface area contributed by atoms with E-state index in [4.69, 9.17) is 15.2 Å². The van der Waals surface area contributed by atoms with Crippen molar-refractivity contribution in [2.75, 3.05) is 25.1 Å². The number of alkyl halides is 3. The van der Waals surface area contributed by atoms with Crippen molar-refractivity contribution in [1.82, 2.24) is 0 Å². The van der Waals surface area contributed by atoms with E-state index in [1.54, 1.807) is 18.2 Å². The smallest absolute Gasteiger partial charge is 0.416 e. The second kappa shape index (κ2) is 10.2. The van der Waals surface area contributed by atoms with Gasteiger partial charge in [-0.15, -0.1) is 24.0 Å². The van der Waals surface area contributed by atoms with E-state index in [-0.39, 0.29) is 42.0 Å². The first-order chi connectivity index (χ1) is 13.4. The molecular formula is C20H19F3IN3O2. The lowest BCUT2D eigenvalue weighted by atomic mass is 10.1. The molecule has 0 aromatic heterocycles. The summed E-state index contributed by atoms with van der Waals surface area (Å²) in [7, 11) is 0. The largest absolute Gasteiger partial charge is 0.490 e. The molecular weight excluding hydrogens is 498 g/mol. The Bertz CT molecular complexity index is 937. The molecule has 1 heterocycles. The Morgan fingerprint density at radius 1 is 1.10 bits per heavy atom. The van der Waals surface area contributed by atoms with Crippen molar-refractivity contribution < 1.29 is 22.6 Å². The first-order valence-electron chi connectivity index (χ1n) is 8.54. The molecule has 0 fully saturated rings. The van der Waals surface area contributed by atoms with Crippen molar-refractivity contribution in [3.8, 4) is 23.3 Å². The van der Waals surface area contributed by atoms with Crippen molar-refractivity contribution in [2.45, 2.75) is 12.6 Å². The molecule has 2 aromatic carbocycles. The van der Waals surface area contributed by atoms with Gasteiger partial charge in [0.25, 0.3) is 0 Å². The van der Waals surface area contributed by atoms with E-state index in [2.05, 4.69) is 22.2 Å². The molecule has 29 heavy (non-hydrogen) atoms. The molecule has 1 aliphatic heterocycles. The van der Waals surface area contributed by atoms with Crippen LogP contribution in [-0.2, 0) is 6.18 Å². The molecule has 154 valence electrons. The fourth-order valence-corrected chi connectivity index (χ4v) is 2.47. The van der Waals surface area contributed by atoms with Crippen molar-refractivity contribution in [3.05, 3.63) is 53.6 Å². The average Bonchev–Trinajstić information content (AvgIpc) is 2.90. The van der Waals surface area contributed by atoms with Gasteiger partial charge in [-0.25, -0.2) is 4.99 Å². The van der Waals surface area contributed by atoms with Gasteiger partial charge in [0.2, 0.25) is 0 Å². The molecule has 0 atom stereocenters. The number of halogens is 4. The molecule has 0 radical (unpaired) electrons. The summed E-state index contributed by atoms with van der Waals surface area (Å²) < 4.78 is 49.2. The van der Waals surface area contributed by atoms with E-state index < -0.39 is 11.7 Å². The highest BCUT2D eigenvalue weighted by Crippen LogP contribution is 2.32. The number of nitrogens with one attached hydrogen (secondary N) is 1. The Balaban J connectivity index is 0.00000300. The number of benzene rings is 2. The summed E-state index contributed by atoms with van der Waals surface area (Å²) in [5, 5.41) is 2.92. The lowest BCUT2D eigenvalue weighted by Crippen LogP contribution is -2.22. The van der Waals surface area contributed by atoms with Crippen molar-refractivity contribution in [2.24, 2.45) is 10.7 Å². The molecule has 0 amide bonds. The van der Waals surface area contributed by atoms with Gasteiger partial charge in [0.05, 0.1) is 18.8 Å². The molecule has 0 saturated carbocycles. The van der Waals surface area contributed by atoms with E-state index in [1.165, 1.54) is 12.1 Å². The highest BCUT2D eigenvalue weighted by atomic mass is 127. The number of aliphatic imine (C=N–C) groups is 1. The van der Waals surface area contributed by atoms with Gasteiger partial charge >= 0.3 is 6.18 Å². The summed E-state index contributed by atoms with van der Waals surface area (Å²) in [4.78, 5) is 4.05. The lowest BCUT2D eigenvalue weighted by Gasteiger charge is -2.10. The Morgan fingerprint density at radius 2 is 1.86 bits per heavy atom. The molecule has 0 saturated heterocycles. The summed E-state index contributed by atoms with van der Waals surface area (Å²) in [5.74, 6) is 6.76. The van der Waals surface area contributed by atoms with Crippen LogP contribution in [0, 0.1) is 11.8 Å². The minimum Gasteiger partial charge on any atom is -0.490 e. The third-order valence-corrected chi connectivity index (χ3v) is 3.77. The first kappa shape index (κ1) is 22.7. The van der Waals surface area contributed by atoms with Crippen LogP contribution in [0.4, 0.5) is 18.9 Å². The standard InChI is InChI=1S/C20H18F3N3O2.HI/c21-20(22,23)15-6-1-4-14(12-15)5-2-9-25-19(24)26-16-7-8-17-18(13-16)28-11-3-10-27-17;/h1,4,6-8,12-13H,3,9-11H2,(H3,24,25,26);1H. The van der Waals surface area contributed by atoms with Gasteiger partial charge in [0.1, 0.15) is 6.54 Å². The number of guanidine groups is 1. The van der Waals surface area contributed by atoms with Gasteiger partial charge in [-0.05, 0) is 30.3 Å². The number of ether oxygens (including phenoxy) is 2. The van der Waals surface area contributed by atoms with Gasteiger partial charge in [-0.1, -0.05) is 17.9 Å². The van der Waals surface area contributed by atoms with Crippen LogP contribution in [0.2, 0.25) is 0 Å². The van der Waals surface area contributed by atoms with E-state index >= 15 is 0 Å². The normalized spacial score (nSPS) is 13.4. The minimum atomic E-state index is -4.40. The third-order valence-electron chi connectivity index (χ3n) is 3.77. The Labute approximate surface area is 183 Å². The summed E-state index contributed by atoms with van der Waals surface area (Å²) in [5.41, 5.74) is 6.03. The van der Waals surface area contributed by atoms with Crippen LogP contribution in [0.1, 0.15) is 17.5 Å². The minimum absolute atomic E-state index is 0. The number of hydrogen-bond donors (Lipinski definition) is 2. The molecule has 0 spiro atoms. The zero-order chi connectivity index (χ0) is 20.0. The molecule has 0 bridgehead atoms. The van der Waals surface area contributed by atoms with E-state index in [0.29, 0.717) is 30.4 Å². The van der Waals surface area contributed by atoms with Gasteiger partial charge in [-0.2, -0.15) is 13.2 Å². The van der Waals surface area contributed by atoms with Gasteiger partial charge in [0.15, 0.2) is 17.5 Å². The molecule has 3 N–H and O–H groups in total. The number of fused-ring (bicyclic) bond motifs is 1. The van der Waals surface area contributed by atoms with Crippen LogP contribution in [0.15, 0.2) is 47.5 Å². The SMILES string of the molecule is I.NC(=NCC#Cc1cccc(C(F)(F)F)c1)Nc1ccc2c(c1)OCCCO2. The fraction of sp³-hybridized carbons (Fsp3) is 0.250. The predicted octanol–water partition coefficient (Wildman–Crippen LogP) is 4.26. The molecule has 2 aromatic rings. The number of nitrogens with two attached hydrogens (primary N) is 1. The molecule has 3 rings (SSSR count). The molecule has 5 nitrogen and oxygen atoms in total. The van der Waals surface area contributed by atoms with Gasteiger partial charge < -0.3 is 20.5 Å². The van der Waals surface area contributed by atoms with Crippen LogP contribution in [-0.4, -0.2) is 25.7 Å². The Kier molecular flexibility index (Phi) is 8.01. The Hall–Kier alpha value is -2.61. The van der Waals surface area contributed by atoms with Gasteiger partial charge in [0, 0.05) is 23.7 Å². The summed E-state index contributed by atoms with van der Waals surface area (Å²) in [6.07, 6.45) is -3.58. The maximum atomic E-state index is 12.7. The highest BCUT2D eigenvalue weighted by molar-refractivity contribution is 14.0. The van der Waals surface area contributed by atoms with E-state index in [0.717, 1.165) is 18.6 Å². The zero-order valence-electron chi connectivity index (χ0n) is 15.3. The predicted molar refractivity (Wildman–Crippen MR) is 116 cm³/mol. The Morgan fingerprint density at radius 3 is 2.62 bits per heavy atom. The topological polar surface area (TPSA) is 68.9 Å². The quantitative estimate of drug-likeness (QED) is 0.271. The number of rotatable bonds is 2. The second-order valence-electron chi connectivity index (χ2n) is 5.92. The highest BCUT2D eigenvalue weighted by Gasteiger charge is 2.30. The molecule has 9 heteroatoms.